The number of oxime groups is 1. The summed E-state index contributed by atoms with van der Waals surface area (Å²) >= 11 is 0. The molecule has 0 radical (unpaired) electrons. The van der Waals surface area contributed by atoms with E-state index in [4.69, 9.17) is 4.84 Å². The third kappa shape index (κ3) is 4.67. The van der Waals surface area contributed by atoms with Gasteiger partial charge in [-0.3, -0.25) is 9.78 Å². The highest BCUT2D eigenvalue weighted by Gasteiger charge is 2.25. The normalized spacial score (nSPS) is 16.6. The summed E-state index contributed by atoms with van der Waals surface area (Å²) < 4.78 is 0. The second-order valence-electron chi connectivity index (χ2n) is 6.90. The molecule has 29 heavy (non-hydrogen) atoms. The van der Waals surface area contributed by atoms with Crippen LogP contribution in [0.4, 0.5) is 5.69 Å². The molecule has 2 aromatic carbocycles. The maximum Gasteiger partial charge on any atom is 0.228 e. The van der Waals surface area contributed by atoms with Crippen molar-refractivity contribution in [3.05, 3.63) is 95.8 Å². The van der Waals surface area contributed by atoms with Crippen LogP contribution in [-0.4, -0.2) is 27.8 Å². The predicted octanol–water partition coefficient (Wildman–Crippen LogP) is 3.69. The Morgan fingerprint density at radius 2 is 1.83 bits per heavy atom. The minimum absolute atomic E-state index is 0.144. The van der Waals surface area contributed by atoms with Crippen LogP contribution in [0.2, 0.25) is 0 Å². The molecule has 1 aliphatic heterocycles. The Morgan fingerprint density at radius 3 is 2.55 bits per heavy atom. The van der Waals surface area contributed by atoms with Crippen molar-refractivity contribution in [2.24, 2.45) is 5.16 Å². The molecule has 0 fully saturated rings. The third-order valence-corrected chi connectivity index (χ3v) is 4.77. The topological polar surface area (TPSA) is 83.8 Å². The number of anilines is 1. The van der Waals surface area contributed by atoms with E-state index in [9.17, 15) is 9.90 Å². The van der Waals surface area contributed by atoms with E-state index >= 15 is 0 Å². The van der Waals surface area contributed by atoms with E-state index in [-0.39, 0.29) is 18.4 Å². The van der Waals surface area contributed by atoms with Crippen LogP contribution in [0.1, 0.15) is 35.6 Å². The molecule has 6 heteroatoms. The average Bonchev–Trinajstić information content (AvgIpc) is 3.23. The number of carbonyl (C=O) groups excluding carboxylic acids is 1. The largest absolute Gasteiger partial charge is 0.391 e. The maximum absolute atomic E-state index is 12.3. The van der Waals surface area contributed by atoms with E-state index in [0.717, 1.165) is 22.4 Å². The lowest BCUT2D eigenvalue weighted by Crippen LogP contribution is -2.20. The fourth-order valence-electron chi connectivity index (χ4n) is 3.24. The second kappa shape index (κ2) is 8.67. The second-order valence-corrected chi connectivity index (χ2v) is 6.90. The predicted molar refractivity (Wildman–Crippen MR) is 110 cm³/mol. The summed E-state index contributed by atoms with van der Waals surface area (Å²) in [5.74, 6) is -0.144. The summed E-state index contributed by atoms with van der Waals surface area (Å²) in [7, 11) is 0. The molecule has 0 saturated heterocycles. The highest BCUT2D eigenvalue weighted by molar-refractivity contribution is 6.01. The summed E-state index contributed by atoms with van der Waals surface area (Å²) in [6.45, 7) is 0. The monoisotopic (exact) mass is 387 g/mol. The molecule has 0 saturated carbocycles. The van der Waals surface area contributed by atoms with Gasteiger partial charge in [0.1, 0.15) is 12.2 Å². The van der Waals surface area contributed by atoms with Crippen molar-refractivity contribution in [2.45, 2.75) is 25.0 Å². The van der Waals surface area contributed by atoms with Gasteiger partial charge in [0, 0.05) is 30.1 Å². The molecule has 0 bridgehead atoms. The quantitative estimate of drug-likeness (QED) is 0.676. The Kier molecular flexibility index (Phi) is 5.63. The third-order valence-electron chi connectivity index (χ3n) is 4.77. The van der Waals surface area contributed by atoms with Gasteiger partial charge in [-0.15, -0.1) is 0 Å². The summed E-state index contributed by atoms with van der Waals surface area (Å²) in [5.41, 5.74) is 3.97. The van der Waals surface area contributed by atoms with Gasteiger partial charge in [-0.25, -0.2) is 0 Å². The molecule has 1 amide bonds. The number of rotatable bonds is 6. The lowest BCUT2D eigenvalue weighted by Gasteiger charge is -2.13. The van der Waals surface area contributed by atoms with Gasteiger partial charge in [0.05, 0.1) is 12.1 Å². The highest BCUT2D eigenvalue weighted by atomic mass is 16.6. The number of aliphatic hydroxyl groups is 1. The smallest absolute Gasteiger partial charge is 0.228 e. The summed E-state index contributed by atoms with van der Waals surface area (Å²) in [6.07, 6.45) is 3.23. The number of amides is 1. The molecule has 0 aliphatic carbocycles. The van der Waals surface area contributed by atoms with Gasteiger partial charge in [0.2, 0.25) is 5.91 Å². The van der Waals surface area contributed by atoms with Gasteiger partial charge >= 0.3 is 0 Å². The lowest BCUT2D eigenvalue weighted by atomic mass is 10.0. The van der Waals surface area contributed by atoms with Crippen LogP contribution in [0.15, 0.2) is 84.3 Å². The summed E-state index contributed by atoms with van der Waals surface area (Å²) in [6, 6.07) is 20.4. The number of benzene rings is 2. The standard InChI is InChI=1S/C23H21N3O3/c27-22(14-20-13-21(26-29-20)18-7-4-12-24-15-18)25-19-10-8-17(9-11-19)23(28)16-5-2-1-3-6-16/h1-12,15,20,23,28H,13-14H2,(H,25,27)/t20-,23?/m0/s1. The fraction of sp³-hybridized carbons (Fsp3) is 0.174. The Labute approximate surface area is 168 Å². The maximum atomic E-state index is 12.3. The molecular formula is C23H21N3O3. The molecule has 1 aliphatic rings. The average molecular weight is 387 g/mol. The minimum atomic E-state index is -0.698. The van der Waals surface area contributed by atoms with E-state index in [1.165, 1.54) is 0 Å². The number of hydrogen-bond donors (Lipinski definition) is 2. The van der Waals surface area contributed by atoms with Crippen molar-refractivity contribution in [1.29, 1.82) is 0 Å². The van der Waals surface area contributed by atoms with Crippen molar-refractivity contribution < 1.29 is 14.7 Å². The van der Waals surface area contributed by atoms with Gasteiger partial charge < -0.3 is 15.3 Å². The number of nitrogens with one attached hydrogen (secondary N) is 1. The van der Waals surface area contributed by atoms with Crippen molar-refractivity contribution in [1.82, 2.24) is 4.98 Å². The Morgan fingerprint density at radius 1 is 1.07 bits per heavy atom. The first-order valence-electron chi connectivity index (χ1n) is 9.45. The molecule has 146 valence electrons. The molecule has 3 aromatic rings. The fourth-order valence-corrected chi connectivity index (χ4v) is 3.24. The van der Waals surface area contributed by atoms with E-state index in [1.54, 1.807) is 24.5 Å². The number of carbonyl (C=O) groups is 1. The van der Waals surface area contributed by atoms with Gasteiger partial charge in [-0.2, -0.15) is 0 Å². The van der Waals surface area contributed by atoms with Crippen LogP contribution in [0.5, 0.6) is 0 Å². The molecule has 2 N–H and O–H groups in total. The first kappa shape index (κ1) is 18.8. The van der Waals surface area contributed by atoms with Crippen LogP contribution >= 0.6 is 0 Å². The molecule has 1 unspecified atom stereocenters. The Hall–Kier alpha value is -3.51. The minimum Gasteiger partial charge on any atom is -0.391 e. The zero-order chi connectivity index (χ0) is 20.1. The molecule has 6 nitrogen and oxygen atoms in total. The first-order valence-corrected chi connectivity index (χ1v) is 9.45. The van der Waals surface area contributed by atoms with Crippen LogP contribution < -0.4 is 5.32 Å². The molecule has 2 atom stereocenters. The SMILES string of the molecule is O=C(C[C@@H]1CC(c2cccnc2)=NO1)Nc1ccc(C(O)c2ccccc2)cc1. The van der Waals surface area contributed by atoms with Crippen molar-refractivity contribution in [3.63, 3.8) is 0 Å². The van der Waals surface area contributed by atoms with Crippen LogP contribution in [0.25, 0.3) is 0 Å². The number of pyridine rings is 1. The molecule has 0 spiro atoms. The number of nitrogens with zero attached hydrogens (tertiary/aromatic N) is 2. The van der Waals surface area contributed by atoms with E-state index in [0.29, 0.717) is 12.1 Å². The zero-order valence-corrected chi connectivity index (χ0v) is 15.7. The van der Waals surface area contributed by atoms with E-state index in [1.807, 2.05) is 54.6 Å². The summed E-state index contributed by atoms with van der Waals surface area (Å²) in [5, 5.41) is 17.4. The van der Waals surface area contributed by atoms with Gasteiger partial charge in [-0.1, -0.05) is 47.6 Å². The van der Waals surface area contributed by atoms with E-state index < -0.39 is 6.10 Å². The number of hydrogen-bond acceptors (Lipinski definition) is 5. The first-order chi connectivity index (χ1) is 14.2. The van der Waals surface area contributed by atoms with Gasteiger partial charge in [0.15, 0.2) is 0 Å². The Bertz CT molecular complexity index is 989. The number of aromatic nitrogens is 1. The van der Waals surface area contributed by atoms with Gasteiger partial charge in [0.25, 0.3) is 0 Å². The zero-order valence-electron chi connectivity index (χ0n) is 15.7. The molecule has 1 aromatic heterocycles. The van der Waals surface area contributed by atoms with Crippen molar-refractivity contribution >= 4 is 17.3 Å². The van der Waals surface area contributed by atoms with Crippen molar-refractivity contribution in [2.75, 3.05) is 5.32 Å². The molecule has 4 rings (SSSR count). The van der Waals surface area contributed by atoms with Crippen molar-refractivity contribution in [3.8, 4) is 0 Å². The lowest BCUT2D eigenvalue weighted by molar-refractivity contribution is -0.118. The van der Waals surface area contributed by atoms with Crippen LogP contribution in [-0.2, 0) is 9.63 Å². The highest BCUT2D eigenvalue weighted by Crippen LogP contribution is 2.24. The number of aliphatic hydroxyl groups excluding tert-OH is 1. The molecular weight excluding hydrogens is 366 g/mol. The van der Waals surface area contributed by atoms with Gasteiger partial charge in [-0.05, 0) is 35.4 Å². The Balaban J connectivity index is 1.30. The summed E-state index contributed by atoms with van der Waals surface area (Å²) in [4.78, 5) is 21.8. The van der Waals surface area contributed by atoms with E-state index in [2.05, 4.69) is 15.5 Å². The van der Waals surface area contributed by atoms with Crippen LogP contribution in [0.3, 0.4) is 0 Å². The molecule has 2 heterocycles. The van der Waals surface area contributed by atoms with Crippen LogP contribution in [0, 0.1) is 0 Å².